The van der Waals surface area contributed by atoms with Crippen LogP contribution in [0.15, 0.2) is 176 Å². The number of hydrogen-bond donors (Lipinski definition) is 7. The average molecular weight is 1700 g/mol. The minimum atomic E-state index is -1.44. The number of amides is 3. The number of nitrogens with zero attached hydrogens (tertiary/aromatic N) is 11. The summed E-state index contributed by atoms with van der Waals surface area (Å²) in [5.41, 5.74) is 30.5. The van der Waals surface area contributed by atoms with E-state index in [0.717, 1.165) is 198 Å². The lowest BCUT2D eigenvalue weighted by atomic mass is 9.83. The van der Waals surface area contributed by atoms with Crippen LogP contribution in [0.4, 0.5) is 26.2 Å². The van der Waals surface area contributed by atoms with Crippen molar-refractivity contribution >= 4 is 80.4 Å². The highest BCUT2D eigenvalue weighted by atomic mass is 32.1. The summed E-state index contributed by atoms with van der Waals surface area (Å²) in [5.74, 6) is 2.66. The Morgan fingerprint density at radius 3 is 1.30 bits per heavy atom. The van der Waals surface area contributed by atoms with E-state index in [0.29, 0.717) is 71.4 Å². The summed E-state index contributed by atoms with van der Waals surface area (Å²) in [6.07, 6.45) is 29.6. The van der Waals surface area contributed by atoms with Crippen molar-refractivity contribution in [1.82, 2.24) is 69.0 Å². The Morgan fingerprint density at radius 2 is 0.904 bits per heavy atom. The molecule has 125 heavy (non-hydrogen) atoms. The number of aliphatic hydroxyl groups is 1. The number of nitrogens with two attached hydrogens (primary N) is 3. The number of fused-ring (bicyclic) bond motifs is 9. The number of nitrogen functional groups attached to an aromatic ring is 3. The second-order valence-corrected chi connectivity index (χ2v) is 36.8. The molecule has 0 unspecified atom stereocenters. The second-order valence-electron chi connectivity index (χ2n) is 35.9. The van der Waals surface area contributed by atoms with Crippen molar-refractivity contribution in [2.45, 2.75) is 208 Å². The predicted molar refractivity (Wildman–Crippen MR) is 474 cm³/mol. The van der Waals surface area contributed by atoms with Crippen LogP contribution in [0.3, 0.4) is 0 Å². The maximum Gasteiger partial charge on any atom is 0.280 e. The molecule has 6 bridgehead atoms. The third-order valence-electron chi connectivity index (χ3n) is 27.1. The number of carbonyl (C=O) groups is 6. The largest absolute Gasteiger partial charge is 0.384 e. The van der Waals surface area contributed by atoms with E-state index in [-0.39, 0.29) is 80.8 Å². The molecule has 0 saturated heterocycles. The van der Waals surface area contributed by atoms with Gasteiger partial charge in [-0.15, -0.1) is 11.3 Å². The molecule has 8 heterocycles. The monoisotopic (exact) mass is 1700 g/mol. The zero-order valence-electron chi connectivity index (χ0n) is 70.9. The topological polar surface area (TPSA) is 362 Å². The van der Waals surface area contributed by atoms with Gasteiger partial charge in [-0.05, 0) is 208 Å². The first-order valence-corrected chi connectivity index (χ1v) is 43.6. The van der Waals surface area contributed by atoms with Crippen molar-refractivity contribution in [2.75, 3.05) is 30.9 Å². The highest BCUT2D eigenvalue weighted by Gasteiger charge is 2.61. The van der Waals surface area contributed by atoms with E-state index in [2.05, 4.69) is 49.7 Å². The van der Waals surface area contributed by atoms with Gasteiger partial charge in [0.2, 0.25) is 5.91 Å². The number of rotatable bonds is 25. The molecule has 3 amide bonds. The second kappa shape index (κ2) is 33.4. The minimum absolute atomic E-state index is 0.0122. The summed E-state index contributed by atoms with van der Waals surface area (Å²) in [6.45, 7) is 9.05. The Balaban J connectivity index is 0.000000133. The molecule has 25 nitrogen and oxygen atoms in total. The molecule has 8 aromatic heterocycles. The van der Waals surface area contributed by atoms with Crippen molar-refractivity contribution in [2.24, 2.45) is 0 Å². The molecule has 19 rings (SSSR count). The van der Waals surface area contributed by atoms with Crippen molar-refractivity contribution in [3.63, 3.8) is 0 Å². The first-order valence-electron chi connectivity index (χ1n) is 42.8. The number of pyridine rings is 1. The predicted octanol–water partition coefficient (Wildman–Crippen LogP) is 15.4. The molecule has 0 spiro atoms. The number of anilines is 3. The first kappa shape index (κ1) is 84.5. The van der Waals surface area contributed by atoms with Crippen molar-refractivity contribution in [3.05, 3.63) is 261 Å². The average Bonchev–Trinajstić information content (AvgIpc) is 1.56. The molecule has 5 aromatic carbocycles. The van der Waals surface area contributed by atoms with Crippen LogP contribution in [-0.2, 0) is 49.8 Å². The lowest BCUT2D eigenvalue weighted by Gasteiger charge is -2.31. The Kier molecular flexibility index (Phi) is 22.6. The van der Waals surface area contributed by atoms with Gasteiger partial charge in [0.1, 0.15) is 85.8 Å². The summed E-state index contributed by atoms with van der Waals surface area (Å²) in [7, 11) is 1.60. The van der Waals surface area contributed by atoms with Gasteiger partial charge in [-0.25, -0.2) is 43.7 Å². The number of carbonyl (C=O) groups excluding carboxylic acids is 6. The van der Waals surface area contributed by atoms with Gasteiger partial charge in [-0.3, -0.25) is 47.0 Å². The molecular formula is C97H101F2N17O8S. The molecule has 642 valence electrons. The molecule has 6 saturated carbocycles. The van der Waals surface area contributed by atoms with Gasteiger partial charge in [0.25, 0.3) is 11.8 Å². The van der Waals surface area contributed by atoms with Gasteiger partial charge >= 0.3 is 0 Å². The number of methoxy groups -OCH3 is 1. The Bertz CT molecular complexity index is 6350. The molecule has 13 aromatic rings. The maximum atomic E-state index is 13.7. The highest BCUT2D eigenvalue weighted by molar-refractivity contribution is 7.11. The van der Waals surface area contributed by atoms with Gasteiger partial charge in [-0.1, -0.05) is 84.9 Å². The van der Waals surface area contributed by atoms with Gasteiger partial charge in [0.15, 0.2) is 22.4 Å². The van der Waals surface area contributed by atoms with E-state index in [1.807, 2.05) is 134 Å². The number of thiazole rings is 1. The van der Waals surface area contributed by atoms with Crippen LogP contribution in [-0.4, -0.2) is 129 Å². The van der Waals surface area contributed by atoms with E-state index in [9.17, 15) is 42.7 Å². The Morgan fingerprint density at radius 1 is 0.488 bits per heavy atom. The summed E-state index contributed by atoms with van der Waals surface area (Å²) in [5, 5.41) is 22.3. The lowest BCUT2D eigenvalue weighted by molar-refractivity contribution is -0.138. The van der Waals surface area contributed by atoms with Gasteiger partial charge in [-0.2, -0.15) is 0 Å². The van der Waals surface area contributed by atoms with E-state index >= 15 is 0 Å². The smallest absolute Gasteiger partial charge is 0.280 e. The number of ether oxygens (including phenoxy) is 1. The highest BCUT2D eigenvalue weighted by Crippen LogP contribution is 2.61. The van der Waals surface area contributed by atoms with E-state index in [1.54, 1.807) is 50.2 Å². The molecular weight excluding hydrogens is 1600 g/mol. The molecule has 6 aliphatic rings. The normalized spacial score (nSPS) is 21.4. The number of Topliss-reactive ketones (excluding diaryl/α,β-unsaturated/α-hetero) is 3. The maximum absolute atomic E-state index is 13.7. The molecule has 28 heteroatoms. The van der Waals surface area contributed by atoms with Crippen LogP contribution in [0.1, 0.15) is 221 Å². The number of aryl methyl sites for hydroxylation is 5. The first-order chi connectivity index (χ1) is 60.0. The third kappa shape index (κ3) is 16.6. The molecule has 6 fully saturated rings. The van der Waals surface area contributed by atoms with Crippen molar-refractivity contribution < 1.29 is 47.4 Å². The SMILES string of the molecule is COCCC(=O)NC12CCC(c3nc(-c4ccc(CCC(=O)c5cc(F)ccc5C)cc4)c4c(N)nccn34)(CC1)C2.Cc1ccc(F)cc1C(=O)CCc1ccc(-c2nc(C34CCC(NC(=O)C(C)(C)O)(CC3)C4)n3ccnc(N)c23)cc1.Cc1ccnc(CC(=O)c2ccc(-c3nc(C45CCC(NC(=O)c6nccs6)(CC4)C5)n4ccnc(N)c34)cc2)c1. The number of aromatic nitrogens is 11. The van der Waals surface area contributed by atoms with E-state index in [4.69, 9.17) is 36.9 Å². The van der Waals surface area contributed by atoms with Crippen LogP contribution >= 0.6 is 11.3 Å². The van der Waals surface area contributed by atoms with Crippen LogP contribution in [0.2, 0.25) is 0 Å². The summed E-state index contributed by atoms with van der Waals surface area (Å²) >= 11 is 1.36. The van der Waals surface area contributed by atoms with E-state index < -0.39 is 17.2 Å². The van der Waals surface area contributed by atoms with Crippen molar-refractivity contribution in [3.8, 4) is 33.8 Å². The van der Waals surface area contributed by atoms with Crippen LogP contribution in [0.5, 0.6) is 0 Å². The standard InChI is InChI=1S/2C33H36FN5O3.C31H29N7O2S/c1-20-4-10-23(34)18-24(20)25(40)11-7-21-5-8-22(9-6-21)26-27-28(35)36-16-17-39(27)29(37-26)32-12-14-33(19-32,15-13-32)38-30(41)31(2,3)42;1-21-3-9-24(34)19-25(21)26(40)10-6-22-4-7-23(8-5-22)28-29-30(35)36-16-17-39(29)31(37-28)32-12-14-33(20-32,15-13-32)38-27(41)11-18-42-2;1-19-6-11-33-22(16-19)17-23(39)20-2-4-21(5-3-20)24-25-26(32)34-12-14-38(25)29(36-24)30-7-9-31(18-30,10-8-30)37-27(40)28-35-13-15-41-28/h4-6,8-10,16-18,42H,7,11-15,19H2,1-3H3,(H2,35,36)(H,38,41);3-5,7-9,16-17,19H,6,10-15,18,20H2,1-2H3,(H2,35,36)(H,38,41);2-6,11-16H,7-10,17-18H2,1H3,(H2,32,34)(H,37,40). The summed E-state index contributed by atoms with van der Waals surface area (Å²) in [4.78, 5) is 114. The van der Waals surface area contributed by atoms with Gasteiger partial charge < -0.3 is 43.0 Å². The van der Waals surface area contributed by atoms with Crippen LogP contribution < -0.4 is 33.2 Å². The van der Waals surface area contributed by atoms with Crippen LogP contribution in [0.25, 0.3) is 50.3 Å². The molecule has 0 aliphatic heterocycles. The number of benzene rings is 5. The van der Waals surface area contributed by atoms with Gasteiger partial charge in [0.05, 0.1) is 13.0 Å². The minimum Gasteiger partial charge on any atom is -0.384 e. The number of ketones is 3. The van der Waals surface area contributed by atoms with Crippen LogP contribution in [0, 0.1) is 32.4 Å². The summed E-state index contributed by atoms with van der Waals surface area (Å²) in [6, 6.07) is 36.0. The summed E-state index contributed by atoms with van der Waals surface area (Å²) < 4.78 is 38.6. The molecule has 10 N–H and O–H groups in total. The number of imidazole rings is 3. The fraction of sp³-hybridized carbons (Fsp3) is 0.361. The quantitative estimate of drug-likeness (QED) is 0.0261. The zero-order valence-corrected chi connectivity index (χ0v) is 71.7. The number of nitrogens with one attached hydrogen (secondary N) is 3. The molecule has 6 aliphatic carbocycles. The number of halogens is 2. The van der Waals surface area contributed by atoms with Gasteiger partial charge in [0, 0.05) is 153 Å². The third-order valence-corrected chi connectivity index (χ3v) is 27.9. The molecule has 0 atom stereocenters. The Labute approximate surface area is 726 Å². The zero-order chi connectivity index (χ0) is 87.5. The van der Waals surface area contributed by atoms with Crippen molar-refractivity contribution in [1.29, 1.82) is 0 Å². The fourth-order valence-corrected chi connectivity index (χ4v) is 21.1. The lowest BCUT2D eigenvalue weighted by Crippen LogP contribution is -2.52. The molecule has 0 radical (unpaired) electrons. The Hall–Kier alpha value is -12.7. The fourth-order valence-electron chi connectivity index (χ4n) is 20.5. The van der Waals surface area contributed by atoms with E-state index in [1.165, 1.54) is 49.4 Å². The number of hydrogen-bond acceptors (Lipinski definition) is 20.